The summed E-state index contributed by atoms with van der Waals surface area (Å²) >= 11 is 0. The summed E-state index contributed by atoms with van der Waals surface area (Å²) in [5.74, 6) is -1.56. The zero-order chi connectivity index (χ0) is 19.3. The number of anilines is 1. The maximum Gasteiger partial charge on any atom is 0.321 e. The number of nitrogens with one attached hydrogen (secondary N) is 1. The topological polar surface area (TPSA) is 87.5 Å². The fraction of sp³-hybridized carbons (Fsp3) is 0.421. The van der Waals surface area contributed by atoms with Crippen LogP contribution in [0.5, 0.6) is 0 Å². The Morgan fingerprint density at radius 3 is 2.73 bits per heavy atom. The molecule has 0 saturated heterocycles. The second kappa shape index (κ2) is 8.51. The van der Waals surface area contributed by atoms with Crippen molar-refractivity contribution in [2.45, 2.75) is 33.6 Å². The highest BCUT2D eigenvalue weighted by atomic mass is 16.4. The fourth-order valence-corrected chi connectivity index (χ4v) is 2.72. The van der Waals surface area contributed by atoms with Crippen molar-refractivity contribution in [2.75, 3.05) is 18.9 Å². The Morgan fingerprint density at radius 2 is 2.12 bits per heavy atom. The van der Waals surface area contributed by atoms with Gasteiger partial charge in [0.15, 0.2) is 0 Å². The zero-order valence-electron chi connectivity index (χ0n) is 15.7. The van der Waals surface area contributed by atoms with Crippen LogP contribution in [0.15, 0.2) is 30.5 Å². The van der Waals surface area contributed by atoms with E-state index in [4.69, 9.17) is 5.11 Å². The second-order valence-corrected chi connectivity index (χ2v) is 6.56. The first-order chi connectivity index (χ1) is 12.3. The number of amides is 2. The van der Waals surface area contributed by atoms with E-state index in [1.54, 1.807) is 20.2 Å². The van der Waals surface area contributed by atoms with Crippen molar-refractivity contribution < 1.29 is 14.7 Å². The van der Waals surface area contributed by atoms with E-state index in [2.05, 4.69) is 17.3 Å². The molecule has 140 valence electrons. The van der Waals surface area contributed by atoms with Crippen LogP contribution < -0.4 is 5.32 Å². The number of hydrogen-bond acceptors (Lipinski definition) is 3. The molecule has 0 radical (unpaired) electrons. The van der Waals surface area contributed by atoms with Crippen molar-refractivity contribution in [3.8, 4) is 5.69 Å². The van der Waals surface area contributed by atoms with Crippen molar-refractivity contribution >= 4 is 17.7 Å². The summed E-state index contributed by atoms with van der Waals surface area (Å²) in [6.07, 6.45) is 3.31. The molecular weight excluding hydrogens is 332 g/mol. The molecule has 7 nitrogen and oxygen atoms in total. The van der Waals surface area contributed by atoms with Gasteiger partial charge in [-0.05, 0) is 31.0 Å². The molecule has 0 aliphatic heterocycles. The van der Waals surface area contributed by atoms with E-state index >= 15 is 0 Å². The molecule has 0 saturated carbocycles. The summed E-state index contributed by atoms with van der Waals surface area (Å²) < 4.78 is 1.84. The van der Waals surface area contributed by atoms with Gasteiger partial charge in [-0.1, -0.05) is 32.4 Å². The van der Waals surface area contributed by atoms with Crippen LogP contribution in [-0.4, -0.2) is 45.4 Å². The minimum atomic E-state index is -0.927. The highest BCUT2D eigenvalue weighted by molar-refractivity contribution is 5.90. The minimum absolute atomic E-state index is 0.135. The van der Waals surface area contributed by atoms with Crippen molar-refractivity contribution in [1.82, 2.24) is 14.7 Å². The summed E-state index contributed by atoms with van der Waals surface area (Å²) in [6, 6.07) is 7.66. The van der Waals surface area contributed by atoms with Gasteiger partial charge in [0.25, 0.3) is 0 Å². The van der Waals surface area contributed by atoms with Crippen LogP contribution in [0, 0.1) is 12.8 Å². The first-order valence-corrected chi connectivity index (χ1v) is 8.72. The maximum absolute atomic E-state index is 12.4. The highest BCUT2D eigenvalue weighted by Gasteiger charge is 2.20. The molecule has 0 aliphatic carbocycles. The lowest BCUT2D eigenvalue weighted by Crippen LogP contribution is -2.36. The molecule has 7 heteroatoms. The average molecular weight is 358 g/mol. The molecule has 26 heavy (non-hydrogen) atoms. The van der Waals surface area contributed by atoms with Gasteiger partial charge in [0.05, 0.1) is 29.2 Å². The normalized spacial score (nSPS) is 11.8. The molecule has 2 amide bonds. The smallest absolute Gasteiger partial charge is 0.321 e. The van der Waals surface area contributed by atoms with Gasteiger partial charge in [-0.2, -0.15) is 5.10 Å². The van der Waals surface area contributed by atoms with E-state index in [0.29, 0.717) is 5.69 Å². The van der Waals surface area contributed by atoms with Gasteiger partial charge in [0.2, 0.25) is 0 Å². The van der Waals surface area contributed by atoms with E-state index < -0.39 is 11.9 Å². The standard InChI is InChI=1S/C19H26N4O3/c1-5-7-17-16(21-19(26)22(4)12-14(3)18(24)25)11-20-23(17)15-9-6-8-13(2)10-15/h6,8-11,14H,5,7,12H2,1-4H3,(H,21,26)(H,24,25). The Hall–Kier alpha value is -2.83. The summed E-state index contributed by atoms with van der Waals surface area (Å²) in [5.41, 5.74) is 3.65. The maximum atomic E-state index is 12.4. The third kappa shape index (κ3) is 4.62. The lowest BCUT2D eigenvalue weighted by atomic mass is 10.2. The molecule has 0 aliphatic rings. The molecule has 1 aromatic heterocycles. The second-order valence-electron chi connectivity index (χ2n) is 6.56. The first kappa shape index (κ1) is 19.5. The van der Waals surface area contributed by atoms with Gasteiger partial charge in [-0.25, -0.2) is 9.48 Å². The number of carboxylic acids is 1. The van der Waals surface area contributed by atoms with E-state index in [-0.39, 0.29) is 12.6 Å². The Kier molecular flexibility index (Phi) is 6.38. The van der Waals surface area contributed by atoms with Crippen LogP contribution in [0.1, 0.15) is 31.5 Å². The molecule has 1 unspecified atom stereocenters. The number of benzene rings is 1. The molecule has 2 aromatic rings. The number of nitrogens with zero attached hydrogens (tertiary/aromatic N) is 3. The van der Waals surface area contributed by atoms with Crippen LogP contribution in [0.4, 0.5) is 10.5 Å². The predicted molar refractivity (Wildman–Crippen MR) is 101 cm³/mol. The summed E-state index contributed by atoms with van der Waals surface area (Å²) in [7, 11) is 1.58. The third-order valence-electron chi connectivity index (χ3n) is 4.16. The lowest BCUT2D eigenvalue weighted by molar-refractivity contribution is -0.141. The van der Waals surface area contributed by atoms with E-state index in [1.165, 1.54) is 4.90 Å². The van der Waals surface area contributed by atoms with Crippen molar-refractivity contribution in [1.29, 1.82) is 0 Å². The molecule has 1 atom stereocenters. The first-order valence-electron chi connectivity index (χ1n) is 8.72. The van der Waals surface area contributed by atoms with Crippen LogP contribution in [0.3, 0.4) is 0 Å². The molecule has 0 fully saturated rings. The number of carbonyl (C=O) groups is 2. The Bertz CT molecular complexity index is 785. The van der Waals surface area contributed by atoms with Crippen LogP contribution in [0.25, 0.3) is 5.69 Å². The van der Waals surface area contributed by atoms with Crippen molar-refractivity contribution in [3.05, 3.63) is 41.7 Å². The number of aliphatic carboxylic acids is 1. The third-order valence-corrected chi connectivity index (χ3v) is 4.16. The van der Waals surface area contributed by atoms with Gasteiger partial charge in [-0.3, -0.25) is 4.79 Å². The number of carbonyl (C=O) groups excluding carboxylic acids is 1. The fourth-order valence-electron chi connectivity index (χ4n) is 2.72. The molecule has 2 rings (SSSR count). The number of aromatic nitrogens is 2. The van der Waals surface area contributed by atoms with Gasteiger partial charge in [0.1, 0.15) is 0 Å². The minimum Gasteiger partial charge on any atom is -0.481 e. The molecular formula is C19H26N4O3. The molecule has 2 N–H and O–H groups in total. The molecule has 0 bridgehead atoms. The summed E-state index contributed by atoms with van der Waals surface area (Å²) in [4.78, 5) is 24.8. The Morgan fingerprint density at radius 1 is 1.38 bits per heavy atom. The Balaban J connectivity index is 2.22. The van der Waals surface area contributed by atoms with Crippen LogP contribution in [0.2, 0.25) is 0 Å². The van der Waals surface area contributed by atoms with Crippen LogP contribution in [-0.2, 0) is 11.2 Å². The molecule has 1 aromatic carbocycles. The number of carboxylic acid groups (broad SMARTS) is 1. The van der Waals surface area contributed by atoms with Gasteiger partial charge in [0, 0.05) is 13.6 Å². The van der Waals surface area contributed by atoms with E-state index in [0.717, 1.165) is 29.8 Å². The van der Waals surface area contributed by atoms with Gasteiger partial charge >= 0.3 is 12.0 Å². The van der Waals surface area contributed by atoms with Crippen molar-refractivity contribution in [3.63, 3.8) is 0 Å². The molecule has 1 heterocycles. The van der Waals surface area contributed by atoms with Crippen LogP contribution >= 0.6 is 0 Å². The Labute approximate surface area is 153 Å². The van der Waals surface area contributed by atoms with Gasteiger partial charge in [-0.15, -0.1) is 0 Å². The summed E-state index contributed by atoms with van der Waals surface area (Å²) in [5, 5.41) is 16.3. The number of aryl methyl sites for hydroxylation is 1. The highest BCUT2D eigenvalue weighted by Crippen LogP contribution is 2.22. The van der Waals surface area contributed by atoms with E-state index in [9.17, 15) is 9.59 Å². The largest absolute Gasteiger partial charge is 0.481 e. The lowest BCUT2D eigenvalue weighted by Gasteiger charge is -2.20. The van der Waals surface area contributed by atoms with Gasteiger partial charge < -0.3 is 15.3 Å². The van der Waals surface area contributed by atoms with Crippen molar-refractivity contribution in [2.24, 2.45) is 5.92 Å². The zero-order valence-corrected chi connectivity index (χ0v) is 15.7. The average Bonchev–Trinajstić information content (AvgIpc) is 2.97. The number of rotatable bonds is 7. The number of urea groups is 1. The predicted octanol–water partition coefficient (Wildman–Crippen LogP) is 3.32. The molecule has 0 spiro atoms. The number of hydrogen-bond donors (Lipinski definition) is 2. The quantitative estimate of drug-likeness (QED) is 0.795. The SMILES string of the molecule is CCCc1c(NC(=O)N(C)CC(C)C(=O)O)cnn1-c1cccc(C)c1. The van der Waals surface area contributed by atoms with E-state index in [1.807, 2.05) is 35.9 Å². The monoisotopic (exact) mass is 358 g/mol. The summed E-state index contributed by atoms with van der Waals surface area (Å²) in [6.45, 7) is 5.80.